The molecular formula is C12H12N4OS. The van der Waals surface area contributed by atoms with E-state index >= 15 is 0 Å². The molecule has 0 saturated carbocycles. The van der Waals surface area contributed by atoms with Gasteiger partial charge in [-0.05, 0) is 19.1 Å². The van der Waals surface area contributed by atoms with E-state index in [1.807, 2.05) is 24.4 Å². The molecule has 2 rings (SSSR count). The van der Waals surface area contributed by atoms with Crippen LogP contribution in [-0.4, -0.2) is 22.1 Å². The molecule has 18 heavy (non-hydrogen) atoms. The lowest BCUT2D eigenvalue weighted by atomic mass is 10.3. The Morgan fingerprint density at radius 2 is 2.44 bits per heavy atom. The highest BCUT2D eigenvalue weighted by Crippen LogP contribution is 2.07. The second kappa shape index (κ2) is 6.02. The van der Waals surface area contributed by atoms with Gasteiger partial charge in [-0.2, -0.15) is 5.10 Å². The van der Waals surface area contributed by atoms with Gasteiger partial charge in [0.05, 0.1) is 29.0 Å². The van der Waals surface area contributed by atoms with Gasteiger partial charge >= 0.3 is 0 Å². The molecule has 0 radical (unpaired) electrons. The molecule has 1 amide bonds. The number of amides is 1. The van der Waals surface area contributed by atoms with E-state index in [4.69, 9.17) is 0 Å². The Kier molecular flexibility index (Phi) is 4.14. The first kappa shape index (κ1) is 12.4. The van der Waals surface area contributed by atoms with Crippen molar-refractivity contribution in [3.8, 4) is 0 Å². The fourth-order valence-corrected chi connectivity index (χ4v) is 1.93. The minimum Gasteiger partial charge on any atom is -0.273 e. The molecule has 0 aliphatic rings. The van der Waals surface area contributed by atoms with Crippen LogP contribution in [0.5, 0.6) is 0 Å². The average Bonchev–Trinajstić information content (AvgIpc) is 2.76. The van der Waals surface area contributed by atoms with Crippen LogP contribution in [0.3, 0.4) is 0 Å². The van der Waals surface area contributed by atoms with Crippen molar-refractivity contribution >= 4 is 23.5 Å². The number of thiazole rings is 1. The van der Waals surface area contributed by atoms with E-state index in [-0.39, 0.29) is 12.3 Å². The smallest absolute Gasteiger partial charge is 0.246 e. The number of carbonyl (C=O) groups is 1. The topological polar surface area (TPSA) is 67.2 Å². The van der Waals surface area contributed by atoms with Crippen molar-refractivity contribution in [1.29, 1.82) is 0 Å². The molecule has 0 aliphatic heterocycles. The second-order valence-electron chi connectivity index (χ2n) is 3.58. The fraction of sp³-hybridized carbons (Fsp3) is 0.167. The molecule has 1 N–H and O–H groups in total. The maximum atomic E-state index is 11.5. The number of hydrazone groups is 1. The van der Waals surface area contributed by atoms with Crippen molar-refractivity contribution in [1.82, 2.24) is 15.4 Å². The van der Waals surface area contributed by atoms with Gasteiger partial charge in [-0.3, -0.25) is 9.78 Å². The van der Waals surface area contributed by atoms with Crippen LogP contribution >= 0.6 is 11.3 Å². The fourth-order valence-electron chi connectivity index (χ4n) is 1.32. The van der Waals surface area contributed by atoms with Crippen LogP contribution in [0.1, 0.15) is 16.4 Å². The van der Waals surface area contributed by atoms with E-state index < -0.39 is 0 Å². The first-order valence-corrected chi connectivity index (χ1v) is 6.26. The zero-order chi connectivity index (χ0) is 12.8. The monoisotopic (exact) mass is 260 g/mol. The second-order valence-corrected chi connectivity index (χ2v) is 4.64. The lowest BCUT2D eigenvalue weighted by Crippen LogP contribution is -2.20. The number of hydrogen-bond acceptors (Lipinski definition) is 5. The van der Waals surface area contributed by atoms with Gasteiger partial charge in [0.2, 0.25) is 5.91 Å². The number of aromatic nitrogens is 2. The molecule has 2 heterocycles. The summed E-state index contributed by atoms with van der Waals surface area (Å²) in [4.78, 5) is 19.8. The zero-order valence-electron chi connectivity index (χ0n) is 9.83. The Labute approximate surface area is 109 Å². The highest BCUT2D eigenvalue weighted by molar-refractivity contribution is 7.09. The first-order chi connectivity index (χ1) is 8.74. The molecule has 2 aromatic rings. The maximum Gasteiger partial charge on any atom is 0.246 e. The Bertz CT molecular complexity index is 550. The van der Waals surface area contributed by atoms with Crippen LogP contribution in [0.2, 0.25) is 0 Å². The number of nitrogens with one attached hydrogen (secondary N) is 1. The zero-order valence-corrected chi connectivity index (χ0v) is 10.6. The molecule has 0 fully saturated rings. The van der Waals surface area contributed by atoms with Gasteiger partial charge < -0.3 is 0 Å². The summed E-state index contributed by atoms with van der Waals surface area (Å²) in [6, 6.07) is 5.48. The van der Waals surface area contributed by atoms with E-state index in [2.05, 4.69) is 20.5 Å². The van der Waals surface area contributed by atoms with E-state index in [9.17, 15) is 4.79 Å². The predicted molar refractivity (Wildman–Crippen MR) is 70.5 cm³/mol. The van der Waals surface area contributed by atoms with E-state index in [1.165, 1.54) is 17.6 Å². The standard InChI is InChI=1S/C12H12N4OS/c1-9-15-11(8-18-9)6-12(17)16-14-7-10-4-2-3-5-13-10/h2-5,7-8H,6H2,1H3,(H,16,17)/b14-7-. The summed E-state index contributed by atoms with van der Waals surface area (Å²) >= 11 is 1.53. The van der Waals surface area contributed by atoms with Crippen molar-refractivity contribution in [2.24, 2.45) is 5.10 Å². The van der Waals surface area contributed by atoms with Gasteiger partial charge in [-0.1, -0.05) is 6.07 Å². The van der Waals surface area contributed by atoms with E-state index in [1.54, 1.807) is 12.3 Å². The summed E-state index contributed by atoms with van der Waals surface area (Å²) in [5.74, 6) is -0.188. The lowest BCUT2D eigenvalue weighted by Gasteiger charge is -1.96. The Morgan fingerprint density at radius 3 is 3.11 bits per heavy atom. The SMILES string of the molecule is Cc1nc(CC(=O)N/N=C\c2ccccn2)cs1. The molecule has 0 atom stereocenters. The quantitative estimate of drug-likeness (QED) is 0.669. The van der Waals surface area contributed by atoms with Crippen LogP contribution in [-0.2, 0) is 11.2 Å². The van der Waals surface area contributed by atoms with Gasteiger partial charge in [0, 0.05) is 11.6 Å². The molecule has 6 heteroatoms. The Morgan fingerprint density at radius 1 is 1.56 bits per heavy atom. The van der Waals surface area contributed by atoms with Crippen molar-refractivity contribution in [3.63, 3.8) is 0 Å². The van der Waals surface area contributed by atoms with Crippen LogP contribution in [0.25, 0.3) is 0 Å². The predicted octanol–water partition coefficient (Wildman–Crippen LogP) is 1.54. The summed E-state index contributed by atoms with van der Waals surface area (Å²) in [5.41, 5.74) is 3.91. The molecule has 0 aromatic carbocycles. The van der Waals surface area contributed by atoms with Crippen LogP contribution in [0.4, 0.5) is 0 Å². The normalized spacial score (nSPS) is 10.7. The summed E-state index contributed by atoms with van der Waals surface area (Å²) in [7, 11) is 0. The lowest BCUT2D eigenvalue weighted by molar-refractivity contribution is -0.120. The van der Waals surface area contributed by atoms with Gasteiger partial charge in [0.15, 0.2) is 0 Å². The van der Waals surface area contributed by atoms with E-state index in [0.29, 0.717) is 5.69 Å². The van der Waals surface area contributed by atoms with Gasteiger partial charge in [-0.25, -0.2) is 10.4 Å². The summed E-state index contributed by atoms with van der Waals surface area (Å²) in [5, 5.41) is 6.66. The Hall–Kier alpha value is -2.08. The molecule has 5 nitrogen and oxygen atoms in total. The number of rotatable bonds is 4. The van der Waals surface area contributed by atoms with Crippen LogP contribution in [0, 0.1) is 6.92 Å². The van der Waals surface area contributed by atoms with Crippen LogP contribution < -0.4 is 5.43 Å². The molecule has 0 unspecified atom stereocenters. The highest BCUT2D eigenvalue weighted by atomic mass is 32.1. The molecule has 0 spiro atoms. The molecule has 0 saturated heterocycles. The first-order valence-electron chi connectivity index (χ1n) is 5.38. The summed E-state index contributed by atoms with van der Waals surface area (Å²) < 4.78 is 0. The van der Waals surface area contributed by atoms with Crippen molar-refractivity contribution in [2.45, 2.75) is 13.3 Å². The van der Waals surface area contributed by atoms with Gasteiger partial charge in [0.25, 0.3) is 0 Å². The average molecular weight is 260 g/mol. The number of hydrogen-bond donors (Lipinski definition) is 1. The number of aryl methyl sites for hydroxylation is 1. The third-order valence-corrected chi connectivity index (χ3v) is 2.90. The molecular weight excluding hydrogens is 248 g/mol. The minimum absolute atomic E-state index is 0.188. The van der Waals surface area contributed by atoms with Gasteiger partial charge in [0.1, 0.15) is 0 Å². The third kappa shape index (κ3) is 3.74. The molecule has 0 bridgehead atoms. The summed E-state index contributed by atoms with van der Waals surface area (Å²) in [6.07, 6.45) is 3.41. The number of carbonyl (C=O) groups excluding carboxylic acids is 1. The molecule has 92 valence electrons. The van der Waals surface area contributed by atoms with Crippen molar-refractivity contribution in [3.05, 3.63) is 46.2 Å². The third-order valence-electron chi connectivity index (χ3n) is 2.08. The number of nitrogens with zero attached hydrogens (tertiary/aromatic N) is 3. The van der Waals surface area contributed by atoms with Crippen molar-refractivity contribution < 1.29 is 4.79 Å². The number of pyridine rings is 1. The maximum absolute atomic E-state index is 11.5. The molecule has 2 aromatic heterocycles. The largest absolute Gasteiger partial charge is 0.273 e. The van der Waals surface area contributed by atoms with Gasteiger partial charge in [-0.15, -0.1) is 11.3 Å². The minimum atomic E-state index is -0.188. The molecule has 0 aliphatic carbocycles. The van der Waals surface area contributed by atoms with E-state index in [0.717, 1.165) is 10.7 Å². The van der Waals surface area contributed by atoms with Crippen LogP contribution in [0.15, 0.2) is 34.9 Å². The Balaban J connectivity index is 1.83. The highest BCUT2D eigenvalue weighted by Gasteiger charge is 2.04. The van der Waals surface area contributed by atoms with Crippen molar-refractivity contribution in [2.75, 3.05) is 0 Å². The summed E-state index contributed by atoms with van der Waals surface area (Å²) in [6.45, 7) is 1.91.